The molecule has 0 aromatic heterocycles. The fourth-order valence-corrected chi connectivity index (χ4v) is 4.20. The van der Waals surface area contributed by atoms with Crippen LogP contribution in [0.3, 0.4) is 0 Å². The second kappa shape index (κ2) is 4.24. The molecule has 1 aromatic rings. The molecule has 1 aromatic carbocycles. The van der Waals surface area contributed by atoms with E-state index in [1.54, 1.807) is 0 Å². The van der Waals surface area contributed by atoms with Crippen molar-refractivity contribution in [2.45, 2.75) is 50.4 Å². The van der Waals surface area contributed by atoms with E-state index < -0.39 is 0 Å². The number of benzene rings is 1. The van der Waals surface area contributed by atoms with E-state index in [4.69, 9.17) is 0 Å². The van der Waals surface area contributed by atoms with Crippen molar-refractivity contribution in [3.05, 3.63) is 33.8 Å². The molecule has 1 saturated carbocycles. The highest BCUT2D eigenvalue weighted by atomic mass is 79.9. The molecule has 0 bridgehead atoms. The van der Waals surface area contributed by atoms with Crippen LogP contribution in [0.25, 0.3) is 0 Å². The van der Waals surface area contributed by atoms with Crippen molar-refractivity contribution in [3.63, 3.8) is 0 Å². The van der Waals surface area contributed by atoms with Gasteiger partial charge < -0.3 is 0 Å². The molecule has 1 spiro atoms. The molecule has 0 aliphatic heterocycles. The summed E-state index contributed by atoms with van der Waals surface area (Å²) in [4.78, 5) is 12.1. The van der Waals surface area contributed by atoms with Gasteiger partial charge in [0, 0.05) is 16.5 Å². The Bertz CT molecular complexity index is 458. The number of carbonyl (C=O) groups excluding carboxylic acids is 1. The van der Waals surface area contributed by atoms with Crippen molar-refractivity contribution in [1.82, 2.24) is 0 Å². The van der Waals surface area contributed by atoms with Gasteiger partial charge in [0.1, 0.15) is 0 Å². The molecule has 3 rings (SSSR count). The molecule has 2 heteroatoms. The zero-order valence-electron chi connectivity index (χ0n) is 9.97. The molecule has 0 radical (unpaired) electrons. The Morgan fingerprint density at radius 1 is 1.06 bits per heavy atom. The summed E-state index contributed by atoms with van der Waals surface area (Å²) in [7, 11) is 0. The summed E-state index contributed by atoms with van der Waals surface area (Å²) in [5, 5.41) is 0. The Balaban J connectivity index is 2.14. The normalized spacial score (nSPS) is 22.5. The lowest BCUT2D eigenvalue weighted by molar-refractivity contribution is 0.0937. The minimum atomic E-state index is 0.311. The maximum atomic E-state index is 12.1. The number of rotatable bonds is 0. The summed E-state index contributed by atoms with van der Waals surface area (Å²) in [5.41, 5.74) is 2.61. The third-order valence-electron chi connectivity index (χ3n) is 4.51. The second-order valence-corrected chi connectivity index (χ2v) is 6.28. The molecular formula is C15H17BrO. The Hall–Kier alpha value is -0.630. The first-order valence-electron chi connectivity index (χ1n) is 6.55. The van der Waals surface area contributed by atoms with Gasteiger partial charge in [0.2, 0.25) is 0 Å². The highest BCUT2D eigenvalue weighted by Gasteiger charge is 2.40. The lowest BCUT2D eigenvalue weighted by Gasteiger charge is -2.42. The number of hydrogen-bond acceptors (Lipinski definition) is 1. The van der Waals surface area contributed by atoms with Gasteiger partial charge in [-0.1, -0.05) is 47.3 Å². The number of ketones is 1. The van der Waals surface area contributed by atoms with E-state index in [9.17, 15) is 4.79 Å². The average molecular weight is 293 g/mol. The van der Waals surface area contributed by atoms with Crippen molar-refractivity contribution in [3.8, 4) is 0 Å². The van der Waals surface area contributed by atoms with Gasteiger partial charge in [-0.25, -0.2) is 0 Å². The lowest BCUT2D eigenvalue weighted by atomic mass is 9.62. The smallest absolute Gasteiger partial charge is 0.164 e. The molecule has 0 unspecified atom stereocenters. The first kappa shape index (κ1) is 11.5. The first-order valence-corrected chi connectivity index (χ1v) is 7.34. The lowest BCUT2D eigenvalue weighted by Crippen LogP contribution is -2.35. The van der Waals surface area contributed by atoms with Crippen molar-refractivity contribution >= 4 is 21.7 Å². The van der Waals surface area contributed by atoms with E-state index in [-0.39, 0.29) is 0 Å². The van der Waals surface area contributed by atoms with Crippen LogP contribution in [0, 0.1) is 0 Å². The summed E-state index contributed by atoms with van der Waals surface area (Å²) in [6, 6.07) is 6.26. The maximum absolute atomic E-state index is 12.1. The maximum Gasteiger partial charge on any atom is 0.164 e. The summed E-state index contributed by atoms with van der Waals surface area (Å²) < 4.78 is 0.990. The van der Waals surface area contributed by atoms with E-state index >= 15 is 0 Å². The molecule has 90 valence electrons. The molecule has 0 saturated heterocycles. The molecule has 1 fully saturated rings. The van der Waals surface area contributed by atoms with Gasteiger partial charge in [0.25, 0.3) is 0 Å². The first-order chi connectivity index (χ1) is 8.23. The van der Waals surface area contributed by atoms with Crippen molar-refractivity contribution in [1.29, 1.82) is 0 Å². The van der Waals surface area contributed by atoms with Crippen LogP contribution in [0.15, 0.2) is 22.7 Å². The summed E-state index contributed by atoms with van der Waals surface area (Å²) in [6.07, 6.45) is 8.33. The summed E-state index contributed by atoms with van der Waals surface area (Å²) >= 11 is 3.55. The molecule has 2 aliphatic carbocycles. The van der Waals surface area contributed by atoms with Crippen LogP contribution in [0.5, 0.6) is 0 Å². The molecular weight excluding hydrogens is 276 g/mol. The van der Waals surface area contributed by atoms with Crippen LogP contribution in [-0.4, -0.2) is 5.78 Å². The fourth-order valence-electron chi connectivity index (χ4n) is 3.61. The molecule has 0 N–H and O–H groups in total. The monoisotopic (exact) mass is 292 g/mol. The van der Waals surface area contributed by atoms with Crippen molar-refractivity contribution in [2.75, 3.05) is 0 Å². The van der Waals surface area contributed by atoms with Crippen LogP contribution in [0.1, 0.15) is 60.9 Å². The quantitative estimate of drug-likeness (QED) is 0.681. The van der Waals surface area contributed by atoms with Gasteiger partial charge in [0.05, 0.1) is 0 Å². The van der Waals surface area contributed by atoms with Crippen LogP contribution in [0.4, 0.5) is 0 Å². The Labute approximate surface area is 111 Å². The number of fused-ring (bicyclic) bond motifs is 2. The zero-order chi connectivity index (χ0) is 11.9. The average Bonchev–Trinajstić information content (AvgIpc) is 2.36. The van der Waals surface area contributed by atoms with E-state index in [1.807, 2.05) is 6.07 Å². The predicted octanol–water partition coefficient (Wildman–Crippen LogP) is 4.63. The molecule has 0 atom stereocenters. The second-order valence-electron chi connectivity index (χ2n) is 5.43. The number of halogens is 1. The van der Waals surface area contributed by atoms with Gasteiger partial charge in [-0.15, -0.1) is 0 Å². The van der Waals surface area contributed by atoms with Crippen LogP contribution < -0.4 is 0 Å². The van der Waals surface area contributed by atoms with Crippen LogP contribution in [0.2, 0.25) is 0 Å². The summed E-state index contributed by atoms with van der Waals surface area (Å²) in [5.74, 6) is 0.323. The van der Waals surface area contributed by atoms with Gasteiger partial charge in [-0.3, -0.25) is 4.79 Å². The predicted molar refractivity (Wildman–Crippen MR) is 72.5 cm³/mol. The Morgan fingerprint density at radius 2 is 1.82 bits per heavy atom. The largest absolute Gasteiger partial charge is 0.294 e. The van der Waals surface area contributed by atoms with Crippen LogP contribution >= 0.6 is 15.9 Å². The fraction of sp³-hybridized carbons (Fsp3) is 0.533. The topological polar surface area (TPSA) is 17.1 Å². The standard InChI is InChI=1S/C15H17BrO/c16-12-6-4-5-11-14(12)13(17)7-10-15(11)8-2-1-3-9-15/h4-6H,1-3,7-10H2. The minimum Gasteiger partial charge on any atom is -0.294 e. The third-order valence-corrected chi connectivity index (χ3v) is 5.17. The summed E-state index contributed by atoms with van der Waals surface area (Å²) in [6.45, 7) is 0. The molecule has 2 aliphatic rings. The van der Waals surface area contributed by atoms with Gasteiger partial charge in [-0.05, 0) is 36.3 Å². The molecule has 1 nitrogen and oxygen atoms in total. The molecule has 0 amide bonds. The minimum absolute atomic E-state index is 0.311. The highest BCUT2D eigenvalue weighted by Crippen LogP contribution is 2.48. The highest BCUT2D eigenvalue weighted by molar-refractivity contribution is 9.10. The number of Topliss-reactive ketones (excluding diaryl/α,β-unsaturated/α-hetero) is 1. The van der Waals surface area contributed by atoms with E-state index in [1.165, 1.54) is 37.7 Å². The Morgan fingerprint density at radius 3 is 2.59 bits per heavy atom. The van der Waals surface area contributed by atoms with E-state index in [2.05, 4.69) is 28.1 Å². The third kappa shape index (κ3) is 1.77. The SMILES string of the molecule is O=C1CCC2(CCCCC2)c2cccc(Br)c21. The van der Waals surface area contributed by atoms with Crippen molar-refractivity contribution < 1.29 is 4.79 Å². The molecule has 0 heterocycles. The van der Waals surface area contributed by atoms with Gasteiger partial charge in [-0.2, -0.15) is 0 Å². The number of carbonyl (C=O) groups is 1. The molecule has 17 heavy (non-hydrogen) atoms. The van der Waals surface area contributed by atoms with Crippen LogP contribution in [-0.2, 0) is 5.41 Å². The number of hydrogen-bond donors (Lipinski definition) is 0. The van der Waals surface area contributed by atoms with Gasteiger partial charge >= 0.3 is 0 Å². The van der Waals surface area contributed by atoms with Crippen molar-refractivity contribution in [2.24, 2.45) is 0 Å². The van der Waals surface area contributed by atoms with E-state index in [0.29, 0.717) is 11.2 Å². The zero-order valence-corrected chi connectivity index (χ0v) is 11.6. The van der Waals surface area contributed by atoms with E-state index in [0.717, 1.165) is 22.9 Å². The Kier molecular flexibility index (Phi) is 2.86. The van der Waals surface area contributed by atoms with Gasteiger partial charge in [0.15, 0.2) is 5.78 Å².